The number of fused-ring (bicyclic) bond motifs is 3. The van der Waals surface area contributed by atoms with Crippen molar-refractivity contribution in [2.75, 3.05) is 31.8 Å². The summed E-state index contributed by atoms with van der Waals surface area (Å²) in [5.74, 6) is -0.172. The molecule has 2 aromatic rings. The summed E-state index contributed by atoms with van der Waals surface area (Å²) in [5, 5.41) is 11.9. The zero-order chi connectivity index (χ0) is 24.9. The first-order valence-corrected chi connectivity index (χ1v) is 12.8. The molecule has 1 saturated heterocycles. The predicted octanol–water partition coefficient (Wildman–Crippen LogP) is 3.35. The third kappa shape index (κ3) is 5.46. The van der Waals surface area contributed by atoms with Gasteiger partial charge in [0.1, 0.15) is 12.6 Å². The maximum atomic E-state index is 13.4. The Morgan fingerprint density at radius 2 is 1.74 bits per heavy atom. The first-order valence-electron chi connectivity index (χ1n) is 11.6. The molecule has 1 fully saturated rings. The molecule has 1 aliphatic carbocycles. The van der Waals surface area contributed by atoms with Gasteiger partial charge in [-0.1, -0.05) is 48.5 Å². The average Bonchev–Trinajstić information content (AvgIpc) is 3.19. The minimum Gasteiger partial charge on any atom is -0.481 e. The summed E-state index contributed by atoms with van der Waals surface area (Å²) in [4.78, 5) is 39.1. The molecule has 186 valence electrons. The fourth-order valence-corrected chi connectivity index (χ4v) is 5.84. The van der Waals surface area contributed by atoms with E-state index in [9.17, 15) is 19.5 Å². The van der Waals surface area contributed by atoms with E-state index in [0.29, 0.717) is 18.1 Å². The molecule has 2 aromatic carbocycles. The number of nitrogens with one attached hydrogen (secondary N) is 1. The van der Waals surface area contributed by atoms with Gasteiger partial charge in [0.25, 0.3) is 0 Å². The van der Waals surface area contributed by atoms with E-state index in [1.807, 2.05) is 36.4 Å². The number of nitrogens with zero attached hydrogens (tertiary/aromatic N) is 1. The Bertz CT molecular complexity index is 1050. The van der Waals surface area contributed by atoms with Crippen LogP contribution in [0.5, 0.6) is 0 Å². The number of carbonyl (C=O) groups is 3. The minimum atomic E-state index is -0.991. The average molecular weight is 499 g/mol. The van der Waals surface area contributed by atoms with Gasteiger partial charge in [0, 0.05) is 31.1 Å². The highest BCUT2D eigenvalue weighted by molar-refractivity contribution is 7.99. The molecule has 3 atom stereocenters. The number of carboxylic acid groups (broad SMARTS) is 1. The quantitative estimate of drug-likeness (QED) is 0.575. The Labute approximate surface area is 209 Å². The smallest absolute Gasteiger partial charge is 0.407 e. The molecule has 4 rings (SSSR count). The van der Waals surface area contributed by atoms with Crippen molar-refractivity contribution in [1.82, 2.24) is 10.2 Å². The van der Waals surface area contributed by atoms with E-state index in [0.717, 1.165) is 22.3 Å². The van der Waals surface area contributed by atoms with Crippen LogP contribution >= 0.6 is 11.8 Å². The summed E-state index contributed by atoms with van der Waals surface area (Å²) in [6, 6.07) is 14.7. The molecule has 1 heterocycles. The highest BCUT2D eigenvalue weighted by Crippen LogP contribution is 2.44. The SMILES string of the molecule is COC(C)C(NC(=O)OCC1c2ccccc2-c2ccccc21)C(=O)N1CCSCC1CC(=O)O. The highest BCUT2D eigenvalue weighted by Gasteiger charge is 2.37. The molecular formula is C26H30N2O6S. The van der Waals surface area contributed by atoms with Gasteiger partial charge in [-0.25, -0.2) is 4.79 Å². The number of alkyl carbamates (subject to hydrolysis) is 1. The van der Waals surface area contributed by atoms with Crippen LogP contribution in [0, 0.1) is 0 Å². The maximum absolute atomic E-state index is 13.4. The van der Waals surface area contributed by atoms with Crippen LogP contribution in [0.25, 0.3) is 11.1 Å². The Morgan fingerprint density at radius 3 is 2.34 bits per heavy atom. The molecule has 0 spiro atoms. The first kappa shape index (κ1) is 25.1. The van der Waals surface area contributed by atoms with Crippen molar-refractivity contribution >= 4 is 29.7 Å². The van der Waals surface area contributed by atoms with Crippen molar-refractivity contribution in [3.63, 3.8) is 0 Å². The molecule has 2 N–H and O–H groups in total. The van der Waals surface area contributed by atoms with Gasteiger partial charge >= 0.3 is 12.1 Å². The largest absolute Gasteiger partial charge is 0.481 e. The standard InChI is InChI=1S/C26H30N2O6S/c1-16(33-2)24(25(31)28-11-12-35-15-17(28)13-23(29)30)27-26(32)34-14-22-20-9-5-3-7-18(20)19-8-4-6-10-21(19)22/h3-10,16-17,22,24H,11-15H2,1-2H3,(H,27,32)(H,29,30). The lowest BCUT2D eigenvalue weighted by molar-refractivity contribution is -0.142. The fourth-order valence-electron chi connectivity index (χ4n) is 4.78. The van der Waals surface area contributed by atoms with Crippen LogP contribution in [-0.4, -0.2) is 77.9 Å². The number of aliphatic carboxylic acids is 1. The third-order valence-electron chi connectivity index (χ3n) is 6.65. The van der Waals surface area contributed by atoms with E-state index in [4.69, 9.17) is 9.47 Å². The van der Waals surface area contributed by atoms with Crippen molar-refractivity contribution in [2.24, 2.45) is 0 Å². The van der Waals surface area contributed by atoms with Crippen LogP contribution in [0.4, 0.5) is 4.79 Å². The minimum absolute atomic E-state index is 0.0961. The second kappa shape index (κ2) is 11.1. The van der Waals surface area contributed by atoms with Gasteiger partial charge in [0.05, 0.1) is 18.6 Å². The monoisotopic (exact) mass is 498 g/mol. The normalized spacial score (nSPS) is 18.8. The molecule has 2 aliphatic rings. The van der Waals surface area contributed by atoms with Crippen LogP contribution in [0.1, 0.15) is 30.4 Å². The number of amides is 2. The molecule has 3 unspecified atom stereocenters. The number of carboxylic acids is 1. The third-order valence-corrected chi connectivity index (χ3v) is 7.74. The van der Waals surface area contributed by atoms with Crippen molar-refractivity contribution in [3.05, 3.63) is 59.7 Å². The second-order valence-corrected chi connectivity index (χ2v) is 9.90. The molecule has 1 aliphatic heterocycles. The molecule has 8 nitrogen and oxygen atoms in total. The van der Waals surface area contributed by atoms with Gasteiger partial charge in [-0.15, -0.1) is 0 Å². The van der Waals surface area contributed by atoms with E-state index < -0.39 is 30.3 Å². The summed E-state index contributed by atoms with van der Waals surface area (Å²) >= 11 is 1.62. The number of hydrogen-bond acceptors (Lipinski definition) is 6. The van der Waals surface area contributed by atoms with E-state index >= 15 is 0 Å². The number of ether oxygens (including phenoxy) is 2. The first-order chi connectivity index (χ1) is 16.9. The Kier molecular flexibility index (Phi) is 7.97. The van der Waals surface area contributed by atoms with Crippen LogP contribution in [0.15, 0.2) is 48.5 Å². The number of carbonyl (C=O) groups excluding carboxylic acids is 2. The van der Waals surface area contributed by atoms with E-state index in [-0.39, 0.29) is 24.9 Å². The van der Waals surface area contributed by atoms with Crippen LogP contribution in [0.3, 0.4) is 0 Å². The molecule has 0 aromatic heterocycles. The molecule has 0 bridgehead atoms. The summed E-state index contributed by atoms with van der Waals surface area (Å²) in [6.45, 7) is 2.24. The van der Waals surface area contributed by atoms with Gasteiger partial charge in [0.2, 0.25) is 5.91 Å². The molecule has 0 saturated carbocycles. The number of rotatable bonds is 8. The van der Waals surface area contributed by atoms with E-state index in [1.165, 1.54) is 7.11 Å². The van der Waals surface area contributed by atoms with Gasteiger partial charge in [-0.2, -0.15) is 11.8 Å². The summed E-state index contributed by atoms with van der Waals surface area (Å²) < 4.78 is 11.0. The van der Waals surface area contributed by atoms with Gasteiger partial charge in [-0.3, -0.25) is 9.59 Å². The van der Waals surface area contributed by atoms with Crippen molar-refractivity contribution in [1.29, 1.82) is 0 Å². The maximum Gasteiger partial charge on any atom is 0.407 e. The van der Waals surface area contributed by atoms with Gasteiger partial charge < -0.3 is 24.8 Å². The zero-order valence-electron chi connectivity index (χ0n) is 19.8. The number of thioether (sulfide) groups is 1. The molecule has 0 radical (unpaired) electrons. The van der Waals surface area contributed by atoms with Crippen molar-refractivity contribution < 1.29 is 29.0 Å². The number of methoxy groups -OCH3 is 1. The molecular weight excluding hydrogens is 468 g/mol. The lowest BCUT2D eigenvalue weighted by atomic mass is 9.98. The summed E-state index contributed by atoms with van der Waals surface area (Å²) in [6.07, 6.45) is -1.48. The second-order valence-electron chi connectivity index (χ2n) is 8.75. The van der Waals surface area contributed by atoms with Crippen LogP contribution < -0.4 is 5.32 Å². The van der Waals surface area contributed by atoms with Crippen molar-refractivity contribution in [3.8, 4) is 11.1 Å². The Balaban J connectivity index is 1.45. The van der Waals surface area contributed by atoms with E-state index in [1.54, 1.807) is 23.6 Å². The van der Waals surface area contributed by atoms with Crippen LogP contribution in [0.2, 0.25) is 0 Å². The Morgan fingerprint density at radius 1 is 1.11 bits per heavy atom. The van der Waals surface area contributed by atoms with E-state index in [2.05, 4.69) is 17.4 Å². The molecule has 2 amide bonds. The number of hydrogen-bond donors (Lipinski definition) is 2. The van der Waals surface area contributed by atoms with Gasteiger partial charge in [0.15, 0.2) is 0 Å². The van der Waals surface area contributed by atoms with Crippen LogP contribution in [-0.2, 0) is 19.1 Å². The number of benzene rings is 2. The van der Waals surface area contributed by atoms with Gasteiger partial charge in [-0.05, 0) is 29.2 Å². The molecule has 9 heteroatoms. The zero-order valence-corrected chi connectivity index (χ0v) is 20.6. The lowest BCUT2D eigenvalue weighted by Crippen LogP contribution is -2.58. The highest BCUT2D eigenvalue weighted by atomic mass is 32.2. The lowest BCUT2D eigenvalue weighted by Gasteiger charge is -2.38. The summed E-state index contributed by atoms with van der Waals surface area (Å²) in [7, 11) is 1.46. The predicted molar refractivity (Wildman–Crippen MR) is 134 cm³/mol. The van der Waals surface area contributed by atoms with Crippen molar-refractivity contribution in [2.45, 2.75) is 37.5 Å². The fraction of sp³-hybridized carbons (Fsp3) is 0.423. The summed E-state index contributed by atoms with van der Waals surface area (Å²) in [5.41, 5.74) is 4.46. The molecule has 35 heavy (non-hydrogen) atoms. The topological polar surface area (TPSA) is 105 Å². The Hall–Kier alpha value is -3.04.